The predicted molar refractivity (Wildman–Crippen MR) is 141 cm³/mol. The lowest BCUT2D eigenvalue weighted by Crippen LogP contribution is -2.39. The highest BCUT2D eigenvalue weighted by molar-refractivity contribution is 6.04. The van der Waals surface area contributed by atoms with Crippen molar-refractivity contribution in [2.45, 2.75) is 66.3 Å². The fourth-order valence-electron chi connectivity index (χ4n) is 4.44. The van der Waals surface area contributed by atoms with Crippen LogP contribution < -0.4 is 10.6 Å². The minimum Gasteiger partial charge on any atom is -0.469 e. The fourth-order valence-corrected chi connectivity index (χ4v) is 4.44. The number of Topliss-reactive ketones (excluding diaryl/α,β-unsaturated/α-hetero) is 1. The highest BCUT2D eigenvalue weighted by Gasteiger charge is 2.22. The first-order chi connectivity index (χ1) is 16.7. The molecule has 35 heavy (non-hydrogen) atoms. The molecule has 7 heteroatoms. The largest absolute Gasteiger partial charge is 0.469 e. The van der Waals surface area contributed by atoms with E-state index in [2.05, 4.69) is 65.3 Å². The third-order valence-electron chi connectivity index (χ3n) is 6.25. The van der Waals surface area contributed by atoms with Gasteiger partial charge in [0, 0.05) is 41.9 Å². The van der Waals surface area contributed by atoms with E-state index >= 15 is 0 Å². The first-order valence-electron chi connectivity index (χ1n) is 12.6. The lowest BCUT2D eigenvalue weighted by atomic mass is 9.99. The number of aryl methyl sites for hydroxylation is 1. The first kappa shape index (κ1) is 28.3. The Bertz CT molecular complexity index is 974. The molecule has 0 bridgehead atoms. The normalized spacial score (nSPS) is 15.9. The molecule has 0 aliphatic carbocycles. The molecule has 1 unspecified atom stereocenters. The Balaban J connectivity index is 2.32. The van der Waals surface area contributed by atoms with Gasteiger partial charge in [-0.15, -0.1) is 0 Å². The molecule has 1 atom stereocenters. The van der Waals surface area contributed by atoms with Gasteiger partial charge in [0.2, 0.25) is 5.91 Å². The Morgan fingerprint density at radius 2 is 1.80 bits per heavy atom. The summed E-state index contributed by atoms with van der Waals surface area (Å²) in [6.45, 7) is 12.9. The molecule has 2 N–H and O–H groups in total. The predicted octanol–water partition coefficient (Wildman–Crippen LogP) is 4.27. The molecule has 2 rings (SSSR count). The summed E-state index contributed by atoms with van der Waals surface area (Å²) in [5, 5.41) is 6.59. The van der Waals surface area contributed by atoms with E-state index in [0.717, 1.165) is 43.7 Å². The number of methoxy groups -OCH3 is 1. The summed E-state index contributed by atoms with van der Waals surface area (Å²) in [6.07, 6.45) is 4.54. The van der Waals surface area contributed by atoms with E-state index in [-0.39, 0.29) is 30.6 Å². The Labute approximate surface area is 210 Å². The number of esters is 1. The third kappa shape index (κ3) is 8.35. The number of amides is 1. The average Bonchev–Trinajstić information content (AvgIpc) is 2.97. The zero-order chi connectivity index (χ0) is 26.0. The van der Waals surface area contributed by atoms with Gasteiger partial charge < -0.3 is 15.4 Å². The van der Waals surface area contributed by atoms with Gasteiger partial charge in [-0.1, -0.05) is 32.1 Å². The lowest BCUT2D eigenvalue weighted by Gasteiger charge is -2.24. The number of rotatable bonds is 12. The van der Waals surface area contributed by atoms with Crippen LogP contribution in [0.1, 0.15) is 64.5 Å². The molecule has 1 heterocycles. The molecule has 0 saturated heterocycles. The van der Waals surface area contributed by atoms with Crippen LogP contribution in [0, 0.1) is 6.92 Å². The van der Waals surface area contributed by atoms with Crippen LogP contribution in [0.3, 0.4) is 0 Å². The molecule has 1 aliphatic rings. The summed E-state index contributed by atoms with van der Waals surface area (Å²) in [7, 11) is 1.31. The van der Waals surface area contributed by atoms with Crippen molar-refractivity contribution < 1.29 is 19.1 Å². The monoisotopic (exact) mass is 483 g/mol. The van der Waals surface area contributed by atoms with Crippen LogP contribution >= 0.6 is 0 Å². The van der Waals surface area contributed by atoms with Gasteiger partial charge in [-0.3, -0.25) is 19.3 Å². The summed E-state index contributed by atoms with van der Waals surface area (Å²) < 4.78 is 4.68. The topological polar surface area (TPSA) is 87.7 Å². The molecular formula is C28H41N3O4. The Morgan fingerprint density at radius 1 is 1.11 bits per heavy atom. The summed E-state index contributed by atoms with van der Waals surface area (Å²) in [4.78, 5) is 39.3. The van der Waals surface area contributed by atoms with E-state index in [1.807, 2.05) is 0 Å². The number of ketones is 1. The van der Waals surface area contributed by atoms with E-state index < -0.39 is 5.97 Å². The molecule has 0 spiro atoms. The van der Waals surface area contributed by atoms with Crippen molar-refractivity contribution in [3.8, 4) is 0 Å². The number of benzene rings is 1. The number of carbonyl (C=O) groups is 3. The van der Waals surface area contributed by atoms with Crippen LogP contribution in [0.5, 0.6) is 0 Å². The van der Waals surface area contributed by atoms with E-state index in [1.54, 1.807) is 6.92 Å². The van der Waals surface area contributed by atoms with Crippen molar-refractivity contribution in [2.24, 2.45) is 0 Å². The fraction of sp³-hybridized carbons (Fsp3) is 0.536. The number of carbonyl (C=O) groups excluding carboxylic acids is 3. The molecule has 0 saturated carbocycles. The highest BCUT2D eigenvalue weighted by Crippen LogP contribution is 2.29. The number of ether oxygens (including phenoxy) is 1. The Kier molecular flexibility index (Phi) is 11.2. The summed E-state index contributed by atoms with van der Waals surface area (Å²) in [6, 6.07) is 6.16. The van der Waals surface area contributed by atoms with Crippen molar-refractivity contribution in [3.63, 3.8) is 0 Å². The van der Waals surface area contributed by atoms with E-state index in [1.165, 1.54) is 25.2 Å². The molecule has 7 nitrogen and oxygen atoms in total. The van der Waals surface area contributed by atoms with Crippen molar-refractivity contribution in [1.82, 2.24) is 10.2 Å². The number of nitrogens with one attached hydrogen (secondary N) is 2. The summed E-state index contributed by atoms with van der Waals surface area (Å²) >= 11 is 0. The number of allylic oxidation sites excluding steroid dienone is 1. The van der Waals surface area contributed by atoms with Crippen LogP contribution in [0.2, 0.25) is 0 Å². The Morgan fingerprint density at radius 3 is 2.40 bits per heavy atom. The van der Waals surface area contributed by atoms with Gasteiger partial charge in [-0.05, 0) is 70.3 Å². The lowest BCUT2D eigenvalue weighted by molar-refractivity contribution is -0.140. The minimum absolute atomic E-state index is 0.0599. The van der Waals surface area contributed by atoms with Crippen LogP contribution in [-0.2, 0) is 19.1 Å². The zero-order valence-electron chi connectivity index (χ0n) is 22.1. The summed E-state index contributed by atoms with van der Waals surface area (Å²) in [5.74, 6) is -0.924. The molecule has 0 aromatic heterocycles. The van der Waals surface area contributed by atoms with E-state index in [0.29, 0.717) is 17.7 Å². The van der Waals surface area contributed by atoms with Gasteiger partial charge in [0.05, 0.1) is 13.2 Å². The van der Waals surface area contributed by atoms with Gasteiger partial charge in [-0.25, -0.2) is 0 Å². The maximum atomic E-state index is 13.1. The number of nitrogens with zero attached hydrogens (tertiary/aromatic N) is 1. The van der Waals surface area contributed by atoms with Gasteiger partial charge in [0.15, 0.2) is 5.78 Å². The Hall–Kier alpha value is -2.93. The number of fused-ring (bicyclic) bond motifs is 1. The van der Waals surface area contributed by atoms with Gasteiger partial charge in [-0.2, -0.15) is 0 Å². The van der Waals surface area contributed by atoms with Crippen LogP contribution in [-0.4, -0.2) is 61.9 Å². The molecule has 1 aromatic rings. The molecule has 0 fully saturated rings. The SMILES string of the molecule is CCCN(CCC)CC1=CC(NC(=O)/C(C)=C(/CCC(=O)OC)C(C)=O)CNc2cc(C)ccc21. The van der Waals surface area contributed by atoms with Gasteiger partial charge in [0.25, 0.3) is 0 Å². The average molecular weight is 484 g/mol. The number of hydrogen-bond acceptors (Lipinski definition) is 6. The smallest absolute Gasteiger partial charge is 0.305 e. The third-order valence-corrected chi connectivity index (χ3v) is 6.25. The second-order valence-electron chi connectivity index (χ2n) is 9.21. The molecule has 1 aliphatic heterocycles. The first-order valence-corrected chi connectivity index (χ1v) is 12.6. The van der Waals surface area contributed by atoms with Crippen LogP contribution in [0.15, 0.2) is 35.4 Å². The second-order valence-corrected chi connectivity index (χ2v) is 9.21. The quantitative estimate of drug-likeness (QED) is 0.341. The molecule has 1 aromatic carbocycles. The molecule has 0 radical (unpaired) electrons. The van der Waals surface area contributed by atoms with Gasteiger partial charge in [0.1, 0.15) is 0 Å². The maximum absolute atomic E-state index is 13.1. The van der Waals surface area contributed by atoms with Gasteiger partial charge >= 0.3 is 5.97 Å². The van der Waals surface area contributed by atoms with Crippen molar-refractivity contribution in [3.05, 3.63) is 46.5 Å². The summed E-state index contributed by atoms with van der Waals surface area (Å²) in [5.41, 5.74) is 5.26. The zero-order valence-corrected chi connectivity index (χ0v) is 22.1. The molecule has 192 valence electrons. The van der Waals surface area contributed by atoms with Crippen LogP contribution in [0.4, 0.5) is 5.69 Å². The van der Waals surface area contributed by atoms with Crippen molar-refractivity contribution in [2.75, 3.05) is 38.6 Å². The van der Waals surface area contributed by atoms with Crippen molar-refractivity contribution in [1.29, 1.82) is 0 Å². The highest BCUT2D eigenvalue weighted by atomic mass is 16.5. The molecule has 1 amide bonds. The number of hydrogen-bond donors (Lipinski definition) is 2. The maximum Gasteiger partial charge on any atom is 0.305 e. The van der Waals surface area contributed by atoms with E-state index in [9.17, 15) is 14.4 Å². The van der Waals surface area contributed by atoms with E-state index in [4.69, 9.17) is 0 Å². The van der Waals surface area contributed by atoms with Crippen molar-refractivity contribution >= 4 is 28.9 Å². The number of anilines is 1. The molecular weight excluding hydrogens is 442 g/mol. The standard InChI is InChI=1S/C28H41N3O4/c1-7-13-31(14-8-2)18-22-16-23(17-29-26-15-19(3)9-10-25(22)26)30-28(34)20(4)24(21(5)32)11-12-27(33)35-6/h9-10,15-16,23,29H,7-8,11-14,17-18H2,1-6H3,(H,30,34)/b24-20-. The minimum atomic E-state index is -0.408. The second kappa shape index (κ2) is 13.8. The van der Waals surface area contributed by atoms with Crippen LogP contribution in [0.25, 0.3) is 5.57 Å².